The molecule has 25 heavy (non-hydrogen) atoms. The zero-order valence-electron chi connectivity index (χ0n) is 14.3. The number of esters is 1. The van der Waals surface area contributed by atoms with Gasteiger partial charge in [0.25, 0.3) is 0 Å². The number of aliphatic hydroxyl groups excluding tert-OH is 1. The number of hydrogen-bond donors (Lipinski definition) is 2. The van der Waals surface area contributed by atoms with Crippen molar-refractivity contribution in [1.29, 1.82) is 0 Å². The first-order valence-corrected chi connectivity index (χ1v) is 8.63. The van der Waals surface area contributed by atoms with E-state index in [2.05, 4.69) is 4.98 Å². The minimum atomic E-state index is -1.19. The molecule has 0 radical (unpaired) electrons. The fourth-order valence-electron chi connectivity index (χ4n) is 2.34. The minimum absolute atomic E-state index is 0.228. The highest BCUT2D eigenvalue weighted by molar-refractivity contribution is 6.35. The molecule has 0 spiro atoms. The first-order valence-electron chi connectivity index (χ1n) is 7.87. The Labute approximate surface area is 156 Å². The van der Waals surface area contributed by atoms with Crippen molar-refractivity contribution in [2.24, 2.45) is 5.41 Å². The van der Waals surface area contributed by atoms with Crippen molar-refractivity contribution >= 4 is 29.2 Å². The van der Waals surface area contributed by atoms with Crippen molar-refractivity contribution in [2.75, 3.05) is 6.61 Å². The maximum absolute atomic E-state index is 12.3. The van der Waals surface area contributed by atoms with Crippen LogP contribution in [0.5, 0.6) is 5.75 Å². The molecule has 7 heteroatoms. The van der Waals surface area contributed by atoms with Gasteiger partial charge in [0.15, 0.2) is 6.10 Å². The predicted octanol–water partition coefficient (Wildman–Crippen LogP) is 4.39. The summed E-state index contributed by atoms with van der Waals surface area (Å²) in [4.78, 5) is 15.3. The van der Waals surface area contributed by atoms with Crippen LogP contribution in [0.2, 0.25) is 10.0 Å². The normalized spacial score (nSPS) is 14.0. The zero-order chi connectivity index (χ0) is 18.6. The topological polar surface area (TPSA) is 71.6 Å². The highest BCUT2D eigenvalue weighted by Crippen LogP contribution is 2.37. The van der Waals surface area contributed by atoms with Crippen molar-refractivity contribution in [2.45, 2.75) is 33.0 Å². The van der Waals surface area contributed by atoms with E-state index in [1.54, 1.807) is 57.3 Å². The van der Waals surface area contributed by atoms with Crippen molar-refractivity contribution < 1.29 is 19.4 Å². The molecule has 5 nitrogen and oxygen atoms in total. The highest BCUT2D eigenvalue weighted by Gasteiger charge is 2.44. The first kappa shape index (κ1) is 19.6. The first-order chi connectivity index (χ1) is 11.8. The number of aliphatic hydroxyl groups is 1. The molecule has 2 atom stereocenters. The monoisotopic (exact) mass is 385 g/mol. The Kier molecular flexibility index (Phi) is 6.38. The maximum atomic E-state index is 12.3. The number of carbonyl (C=O) groups excluding carboxylic acids is 1. The SMILES string of the molecule is CCOC(=O)C(C)(C)C(O)C(Oc1ccc(Cl)cc1Cl)c1ccc[nH]1. The molecular formula is C18H21Cl2NO4. The Morgan fingerprint density at radius 3 is 2.60 bits per heavy atom. The van der Waals surface area contributed by atoms with Crippen molar-refractivity contribution in [1.82, 2.24) is 4.98 Å². The molecule has 0 bridgehead atoms. The van der Waals surface area contributed by atoms with Crippen LogP contribution in [0.4, 0.5) is 0 Å². The smallest absolute Gasteiger partial charge is 0.314 e. The average Bonchev–Trinajstić information content (AvgIpc) is 3.08. The average molecular weight is 386 g/mol. The van der Waals surface area contributed by atoms with Gasteiger partial charge >= 0.3 is 5.97 Å². The molecule has 0 aliphatic heterocycles. The van der Waals surface area contributed by atoms with Gasteiger partial charge in [-0.05, 0) is 51.1 Å². The van der Waals surface area contributed by atoms with Gasteiger partial charge in [-0.25, -0.2) is 0 Å². The lowest BCUT2D eigenvalue weighted by Crippen LogP contribution is -2.44. The molecule has 2 rings (SSSR count). The number of nitrogens with one attached hydrogen (secondary N) is 1. The largest absolute Gasteiger partial charge is 0.480 e. The molecule has 1 aromatic heterocycles. The lowest BCUT2D eigenvalue weighted by Gasteiger charge is -2.33. The molecule has 0 amide bonds. The van der Waals surface area contributed by atoms with E-state index in [0.717, 1.165) is 0 Å². The Morgan fingerprint density at radius 1 is 1.32 bits per heavy atom. The summed E-state index contributed by atoms with van der Waals surface area (Å²) in [7, 11) is 0. The summed E-state index contributed by atoms with van der Waals surface area (Å²) in [5.41, 5.74) is -0.582. The summed E-state index contributed by atoms with van der Waals surface area (Å²) in [6, 6.07) is 8.34. The molecular weight excluding hydrogens is 365 g/mol. The molecule has 2 aromatic rings. The van der Waals surface area contributed by atoms with Crippen molar-refractivity contribution in [3.05, 3.63) is 52.3 Å². The summed E-state index contributed by atoms with van der Waals surface area (Å²) in [5, 5.41) is 11.7. The summed E-state index contributed by atoms with van der Waals surface area (Å²) >= 11 is 12.1. The van der Waals surface area contributed by atoms with Gasteiger partial charge in [-0.3, -0.25) is 4.79 Å². The molecule has 0 aliphatic carbocycles. The molecule has 0 saturated carbocycles. The third-order valence-corrected chi connectivity index (χ3v) is 4.43. The minimum Gasteiger partial charge on any atom is -0.480 e. The van der Waals surface area contributed by atoms with Gasteiger partial charge in [-0.15, -0.1) is 0 Å². The summed E-state index contributed by atoms with van der Waals surface area (Å²) < 4.78 is 11.0. The summed E-state index contributed by atoms with van der Waals surface area (Å²) in [5.74, 6) is -0.158. The molecule has 136 valence electrons. The summed E-state index contributed by atoms with van der Waals surface area (Å²) in [6.45, 7) is 5.16. The van der Waals surface area contributed by atoms with Gasteiger partial charge < -0.3 is 19.6 Å². The van der Waals surface area contributed by atoms with Crippen LogP contribution >= 0.6 is 23.2 Å². The van der Waals surface area contributed by atoms with E-state index >= 15 is 0 Å². The third-order valence-electron chi connectivity index (χ3n) is 3.90. The molecule has 0 saturated heterocycles. The van der Waals surface area contributed by atoms with Gasteiger partial charge in [0.2, 0.25) is 0 Å². The third kappa shape index (κ3) is 4.48. The number of rotatable bonds is 7. The van der Waals surface area contributed by atoms with Gasteiger partial charge in [-0.2, -0.15) is 0 Å². The van der Waals surface area contributed by atoms with E-state index < -0.39 is 23.6 Å². The number of halogens is 2. The van der Waals surface area contributed by atoms with E-state index in [1.807, 2.05) is 0 Å². The van der Waals surface area contributed by atoms with E-state index in [0.29, 0.717) is 21.5 Å². The highest BCUT2D eigenvalue weighted by atomic mass is 35.5. The number of aromatic nitrogens is 1. The second-order valence-electron chi connectivity index (χ2n) is 6.13. The van der Waals surface area contributed by atoms with Crippen molar-refractivity contribution in [3.63, 3.8) is 0 Å². The molecule has 1 heterocycles. The van der Waals surface area contributed by atoms with Crippen LogP contribution in [-0.4, -0.2) is 28.8 Å². The summed E-state index contributed by atoms with van der Waals surface area (Å²) in [6.07, 6.45) is -0.329. The van der Waals surface area contributed by atoms with Crippen LogP contribution in [0, 0.1) is 5.41 Å². The molecule has 2 N–H and O–H groups in total. The van der Waals surface area contributed by atoms with Gasteiger partial charge in [0, 0.05) is 11.2 Å². The fourth-order valence-corrected chi connectivity index (χ4v) is 2.80. The van der Waals surface area contributed by atoms with E-state index in [4.69, 9.17) is 32.7 Å². The number of aromatic amines is 1. The molecule has 0 fully saturated rings. The quantitative estimate of drug-likeness (QED) is 0.693. The molecule has 1 aromatic carbocycles. The number of benzene rings is 1. The second kappa shape index (κ2) is 8.13. The van der Waals surface area contributed by atoms with E-state index in [-0.39, 0.29) is 6.61 Å². The van der Waals surface area contributed by atoms with Crippen LogP contribution in [0.15, 0.2) is 36.5 Å². The van der Waals surface area contributed by atoms with Crippen LogP contribution in [0.1, 0.15) is 32.6 Å². The lowest BCUT2D eigenvalue weighted by molar-refractivity contribution is -0.164. The van der Waals surface area contributed by atoms with Gasteiger partial charge in [-0.1, -0.05) is 23.2 Å². The maximum Gasteiger partial charge on any atom is 0.314 e. The van der Waals surface area contributed by atoms with Gasteiger partial charge in [0.1, 0.15) is 11.9 Å². The Morgan fingerprint density at radius 2 is 2.04 bits per heavy atom. The fraction of sp³-hybridized carbons (Fsp3) is 0.389. The zero-order valence-corrected chi connectivity index (χ0v) is 15.8. The Bertz CT molecular complexity index is 716. The molecule has 2 unspecified atom stereocenters. The van der Waals surface area contributed by atoms with Crippen LogP contribution < -0.4 is 4.74 Å². The van der Waals surface area contributed by atoms with Gasteiger partial charge in [0.05, 0.1) is 22.7 Å². The number of carbonyl (C=O) groups is 1. The van der Waals surface area contributed by atoms with Crippen LogP contribution in [0.3, 0.4) is 0 Å². The lowest BCUT2D eigenvalue weighted by atomic mass is 9.82. The standard InChI is InChI=1S/C18H21Cl2NO4/c1-4-24-17(23)18(2,3)16(22)15(13-6-5-9-21-13)25-14-8-7-11(19)10-12(14)20/h5-10,15-16,21-22H,4H2,1-3H3. The predicted molar refractivity (Wildman–Crippen MR) is 97.0 cm³/mol. The number of H-pyrrole nitrogens is 1. The number of hydrogen-bond acceptors (Lipinski definition) is 4. The van der Waals surface area contributed by atoms with Crippen LogP contribution in [-0.2, 0) is 9.53 Å². The second-order valence-corrected chi connectivity index (χ2v) is 6.97. The number of ether oxygens (including phenoxy) is 2. The Balaban J connectivity index is 2.35. The molecule has 0 aliphatic rings. The van der Waals surface area contributed by atoms with E-state index in [9.17, 15) is 9.90 Å². The Hall–Kier alpha value is -1.69. The van der Waals surface area contributed by atoms with Crippen molar-refractivity contribution in [3.8, 4) is 5.75 Å². The van der Waals surface area contributed by atoms with Crippen LogP contribution in [0.25, 0.3) is 0 Å². The van der Waals surface area contributed by atoms with E-state index in [1.165, 1.54) is 0 Å².